The molecule has 1 atom stereocenters. The Bertz CT molecular complexity index is 1170. The van der Waals surface area contributed by atoms with Crippen molar-refractivity contribution in [3.63, 3.8) is 0 Å². The summed E-state index contributed by atoms with van der Waals surface area (Å²) in [6.07, 6.45) is 4.19. The molecule has 1 unspecified atom stereocenters. The summed E-state index contributed by atoms with van der Waals surface area (Å²) in [5.74, 6) is 1.14. The first-order valence-electron chi connectivity index (χ1n) is 11.6. The molecule has 0 radical (unpaired) electrons. The number of amides is 1. The fourth-order valence-corrected chi connectivity index (χ4v) is 5.38. The van der Waals surface area contributed by atoms with Gasteiger partial charge < -0.3 is 10.1 Å². The monoisotopic (exact) mass is 465 g/mol. The van der Waals surface area contributed by atoms with Gasteiger partial charge in [-0.25, -0.2) is 4.98 Å². The van der Waals surface area contributed by atoms with Gasteiger partial charge in [0.1, 0.15) is 5.75 Å². The van der Waals surface area contributed by atoms with Gasteiger partial charge in [0.15, 0.2) is 5.16 Å². The summed E-state index contributed by atoms with van der Waals surface area (Å²) in [5.41, 5.74) is 1.71. The first-order chi connectivity index (χ1) is 16.0. The van der Waals surface area contributed by atoms with Gasteiger partial charge in [0.05, 0.1) is 29.8 Å². The molecule has 4 rings (SSSR count). The molecule has 1 heterocycles. The zero-order chi connectivity index (χ0) is 23.4. The molecule has 1 fully saturated rings. The Balaban J connectivity index is 1.53. The summed E-state index contributed by atoms with van der Waals surface area (Å²) in [7, 11) is 1.64. The van der Waals surface area contributed by atoms with Gasteiger partial charge in [-0.15, -0.1) is 0 Å². The average Bonchev–Trinajstić information content (AvgIpc) is 3.35. The maximum Gasteiger partial charge on any atom is 0.262 e. The number of carbonyl (C=O) groups is 1. The van der Waals surface area contributed by atoms with Crippen LogP contribution in [0.4, 0.5) is 0 Å². The van der Waals surface area contributed by atoms with Crippen LogP contribution in [0.15, 0.2) is 58.5 Å². The number of hydrogen-bond donors (Lipinski definition) is 1. The van der Waals surface area contributed by atoms with Crippen LogP contribution in [0.2, 0.25) is 0 Å². The first kappa shape index (κ1) is 23.4. The molecule has 174 valence electrons. The number of nitrogens with zero attached hydrogens (tertiary/aromatic N) is 2. The number of fused-ring (bicyclic) bond motifs is 1. The van der Waals surface area contributed by atoms with E-state index in [1.165, 1.54) is 11.8 Å². The Labute approximate surface area is 198 Å². The van der Waals surface area contributed by atoms with Crippen LogP contribution in [0.25, 0.3) is 10.9 Å². The predicted octanol–water partition coefficient (Wildman–Crippen LogP) is 5.13. The molecule has 1 amide bonds. The highest BCUT2D eigenvalue weighted by Crippen LogP contribution is 2.32. The lowest BCUT2D eigenvalue weighted by molar-refractivity contribution is -0.119. The van der Waals surface area contributed by atoms with E-state index in [-0.39, 0.29) is 35.2 Å². The van der Waals surface area contributed by atoms with Crippen LogP contribution in [0.1, 0.15) is 57.2 Å². The minimum Gasteiger partial charge on any atom is -0.497 e. The van der Waals surface area contributed by atoms with E-state index < -0.39 is 0 Å². The predicted molar refractivity (Wildman–Crippen MR) is 133 cm³/mol. The molecule has 3 aromatic rings. The lowest BCUT2D eigenvalue weighted by Crippen LogP contribution is -2.33. The quantitative estimate of drug-likeness (QED) is 0.369. The first-order valence-corrected chi connectivity index (χ1v) is 12.5. The lowest BCUT2D eigenvalue weighted by Gasteiger charge is -2.23. The highest BCUT2D eigenvalue weighted by molar-refractivity contribution is 7.99. The molecule has 7 heteroatoms. The number of hydrogen-bond acceptors (Lipinski definition) is 5. The summed E-state index contributed by atoms with van der Waals surface area (Å²) < 4.78 is 7.08. The standard InChI is InChI=1S/C26H31N3O3S/c1-17(2)24(18-12-14-20(32-3)15-13-18)28-23(30)16-33-26-27-22-11-7-6-10-21(22)25(31)29(26)19-8-4-5-9-19/h6-7,10-15,17,19,24H,4-5,8-9,16H2,1-3H3,(H,28,30). The van der Waals surface area contributed by atoms with Crippen LogP contribution in [0.3, 0.4) is 0 Å². The minimum atomic E-state index is -0.106. The van der Waals surface area contributed by atoms with E-state index in [0.717, 1.165) is 37.0 Å². The van der Waals surface area contributed by atoms with Gasteiger partial charge in [0.2, 0.25) is 5.91 Å². The Kier molecular flexibility index (Phi) is 7.38. The third kappa shape index (κ3) is 5.24. The van der Waals surface area contributed by atoms with Crippen LogP contribution in [0, 0.1) is 5.92 Å². The van der Waals surface area contributed by atoms with E-state index in [0.29, 0.717) is 16.1 Å². The van der Waals surface area contributed by atoms with E-state index in [4.69, 9.17) is 9.72 Å². The molecule has 1 N–H and O–H groups in total. The van der Waals surface area contributed by atoms with Gasteiger partial charge in [0.25, 0.3) is 5.56 Å². The molecule has 0 bridgehead atoms. The van der Waals surface area contributed by atoms with E-state index in [9.17, 15) is 9.59 Å². The maximum absolute atomic E-state index is 13.3. The van der Waals surface area contributed by atoms with Crippen molar-refractivity contribution in [3.8, 4) is 5.75 Å². The Morgan fingerprint density at radius 1 is 1.15 bits per heavy atom. The Hall–Kier alpha value is -2.80. The number of benzene rings is 2. The number of rotatable bonds is 8. The van der Waals surface area contributed by atoms with Crippen LogP contribution >= 0.6 is 11.8 Å². The van der Waals surface area contributed by atoms with E-state index in [2.05, 4.69) is 19.2 Å². The van der Waals surface area contributed by atoms with Crippen LogP contribution < -0.4 is 15.6 Å². The van der Waals surface area contributed by atoms with Crippen LogP contribution in [0.5, 0.6) is 5.75 Å². The molecule has 0 spiro atoms. The van der Waals surface area contributed by atoms with Crippen molar-refractivity contribution in [2.75, 3.05) is 12.9 Å². The zero-order valence-electron chi connectivity index (χ0n) is 19.4. The highest BCUT2D eigenvalue weighted by Gasteiger charge is 2.24. The smallest absolute Gasteiger partial charge is 0.262 e. The molecule has 0 aliphatic heterocycles. The van der Waals surface area contributed by atoms with E-state index >= 15 is 0 Å². The number of carbonyl (C=O) groups excluding carboxylic acids is 1. The Morgan fingerprint density at radius 2 is 1.85 bits per heavy atom. The van der Waals surface area contributed by atoms with Crippen molar-refractivity contribution < 1.29 is 9.53 Å². The van der Waals surface area contributed by atoms with Gasteiger partial charge in [-0.05, 0) is 48.6 Å². The summed E-state index contributed by atoms with van der Waals surface area (Å²) in [6.45, 7) is 4.18. The summed E-state index contributed by atoms with van der Waals surface area (Å²) in [4.78, 5) is 31.0. The van der Waals surface area contributed by atoms with E-state index in [1.807, 2.05) is 53.1 Å². The number of thioether (sulfide) groups is 1. The fraction of sp³-hybridized carbons (Fsp3) is 0.423. The second-order valence-corrected chi connectivity index (χ2v) is 9.82. The molecule has 33 heavy (non-hydrogen) atoms. The largest absolute Gasteiger partial charge is 0.497 e. The van der Waals surface area contributed by atoms with Gasteiger partial charge in [0, 0.05) is 6.04 Å². The van der Waals surface area contributed by atoms with Crippen LogP contribution in [-0.4, -0.2) is 28.3 Å². The number of ether oxygens (including phenoxy) is 1. The maximum atomic E-state index is 13.3. The normalized spacial score (nSPS) is 15.2. The number of methoxy groups -OCH3 is 1. The molecule has 1 aliphatic carbocycles. The molecule has 1 aliphatic rings. The molecule has 1 aromatic heterocycles. The molecular weight excluding hydrogens is 434 g/mol. The van der Waals surface area contributed by atoms with Crippen molar-refractivity contribution in [3.05, 3.63) is 64.4 Å². The molecule has 0 saturated heterocycles. The number of para-hydroxylation sites is 1. The van der Waals surface area contributed by atoms with Crippen molar-refractivity contribution in [1.29, 1.82) is 0 Å². The second-order valence-electron chi connectivity index (χ2n) is 8.88. The topological polar surface area (TPSA) is 73.2 Å². The van der Waals surface area contributed by atoms with E-state index in [1.54, 1.807) is 7.11 Å². The third-order valence-corrected chi connectivity index (χ3v) is 7.21. The van der Waals surface area contributed by atoms with Gasteiger partial charge in [-0.3, -0.25) is 14.2 Å². The summed E-state index contributed by atoms with van der Waals surface area (Å²) >= 11 is 1.35. The summed E-state index contributed by atoms with van der Waals surface area (Å²) in [6, 6.07) is 15.3. The SMILES string of the molecule is COc1ccc(C(NC(=O)CSc2nc3ccccc3c(=O)n2C2CCCC2)C(C)C)cc1. The van der Waals surface area contributed by atoms with Gasteiger partial charge >= 0.3 is 0 Å². The lowest BCUT2D eigenvalue weighted by atomic mass is 9.96. The summed E-state index contributed by atoms with van der Waals surface area (Å²) in [5, 5.41) is 4.43. The van der Waals surface area contributed by atoms with Crippen molar-refractivity contribution in [2.24, 2.45) is 5.92 Å². The third-order valence-electron chi connectivity index (χ3n) is 6.26. The van der Waals surface area contributed by atoms with Crippen molar-refractivity contribution >= 4 is 28.6 Å². The molecule has 6 nitrogen and oxygen atoms in total. The molecular formula is C26H31N3O3S. The fourth-order valence-electron chi connectivity index (χ4n) is 4.50. The van der Waals surface area contributed by atoms with Crippen molar-refractivity contribution in [2.45, 2.75) is 56.8 Å². The number of nitrogens with one attached hydrogen (secondary N) is 1. The van der Waals surface area contributed by atoms with Crippen molar-refractivity contribution in [1.82, 2.24) is 14.9 Å². The highest BCUT2D eigenvalue weighted by atomic mass is 32.2. The molecule has 1 saturated carbocycles. The number of aromatic nitrogens is 2. The van der Waals surface area contributed by atoms with Gasteiger partial charge in [-0.1, -0.05) is 62.7 Å². The average molecular weight is 466 g/mol. The van der Waals surface area contributed by atoms with Crippen LogP contribution in [-0.2, 0) is 4.79 Å². The van der Waals surface area contributed by atoms with Gasteiger partial charge in [-0.2, -0.15) is 0 Å². The minimum absolute atomic E-state index is 0.00584. The molecule has 2 aromatic carbocycles. The Morgan fingerprint density at radius 3 is 2.52 bits per heavy atom. The second kappa shape index (κ2) is 10.4. The zero-order valence-corrected chi connectivity index (χ0v) is 20.2.